The zero-order valence-electron chi connectivity index (χ0n) is 10.2. The fourth-order valence-electron chi connectivity index (χ4n) is 2.67. The van der Waals surface area contributed by atoms with E-state index in [9.17, 15) is 14.3 Å². The third kappa shape index (κ3) is 1.90. The molecular formula is C14H16FNO2. The number of aliphatic hydroxyl groups is 1. The number of anilines is 1. The van der Waals surface area contributed by atoms with E-state index in [1.807, 2.05) is 0 Å². The predicted octanol–water partition coefficient (Wildman–Crippen LogP) is 2.40. The highest BCUT2D eigenvalue weighted by Crippen LogP contribution is 2.47. The summed E-state index contributed by atoms with van der Waals surface area (Å²) in [7, 11) is 0. The molecule has 1 heterocycles. The zero-order valence-corrected chi connectivity index (χ0v) is 10.2. The second-order valence-electron chi connectivity index (χ2n) is 5.40. The van der Waals surface area contributed by atoms with Gasteiger partial charge in [-0.3, -0.25) is 4.79 Å². The van der Waals surface area contributed by atoms with Crippen LogP contribution in [0.15, 0.2) is 12.1 Å². The van der Waals surface area contributed by atoms with Gasteiger partial charge in [-0.05, 0) is 42.4 Å². The molecule has 1 aliphatic carbocycles. The highest BCUT2D eigenvalue weighted by atomic mass is 19.1. The number of nitrogens with one attached hydrogen (secondary N) is 1. The van der Waals surface area contributed by atoms with Gasteiger partial charge in [-0.25, -0.2) is 4.39 Å². The van der Waals surface area contributed by atoms with Gasteiger partial charge in [0.1, 0.15) is 5.82 Å². The Hall–Kier alpha value is -1.42. The number of halogens is 1. The Balaban J connectivity index is 1.94. The summed E-state index contributed by atoms with van der Waals surface area (Å²) in [5.41, 5.74) is 1.83. The lowest BCUT2D eigenvalue weighted by molar-refractivity contribution is -0.116. The standard InChI is InChI=1S/C14H16FNO2/c1-7-4-9(7)14(18)10-5-8-2-3-13(17)16-12(8)6-11(10)15/h5-7,9,14,18H,2-4H2,1H3,(H,16,17). The summed E-state index contributed by atoms with van der Waals surface area (Å²) in [6.07, 6.45) is 1.27. The number of benzene rings is 1. The quantitative estimate of drug-likeness (QED) is 0.845. The average Bonchev–Trinajstić information content (AvgIpc) is 3.04. The molecule has 1 amide bonds. The molecule has 3 rings (SSSR count). The SMILES string of the molecule is CC1CC1C(O)c1cc2c(cc1F)NC(=O)CC2. The first-order valence-corrected chi connectivity index (χ1v) is 6.36. The molecule has 0 spiro atoms. The van der Waals surface area contributed by atoms with E-state index < -0.39 is 11.9 Å². The van der Waals surface area contributed by atoms with Crippen LogP contribution in [0, 0.1) is 17.7 Å². The second-order valence-corrected chi connectivity index (χ2v) is 5.40. The monoisotopic (exact) mass is 249 g/mol. The molecule has 96 valence electrons. The molecule has 3 nitrogen and oxygen atoms in total. The Labute approximate surface area is 105 Å². The van der Waals surface area contributed by atoms with Gasteiger partial charge < -0.3 is 10.4 Å². The maximum atomic E-state index is 14.0. The minimum absolute atomic E-state index is 0.0778. The topological polar surface area (TPSA) is 49.3 Å². The molecule has 0 saturated heterocycles. The zero-order chi connectivity index (χ0) is 12.9. The first-order chi connectivity index (χ1) is 8.56. The van der Waals surface area contributed by atoms with Crippen LogP contribution in [0.1, 0.15) is 37.0 Å². The lowest BCUT2D eigenvalue weighted by atomic mass is 9.95. The number of carbonyl (C=O) groups is 1. The summed E-state index contributed by atoms with van der Waals surface area (Å²) < 4.78 is 14.0. The molecule has 2 N–H and O–H groups in total. The van der Waals surface area contributed by atoms with Crippen molar-refractivity contribution in [1.29, 1.82) is 0 Å². The average molecular weight is 249 g/mol. The maximum Gasteiger partial charge on any atom is 0.224 e. The van der Waals surface area contributed by atoms with Crippen molar-refractivity contribution in [2.45, 2.75) is 32.3 Å². The summed E-state index contributed by atoms with van der Waals surface area (Å²) in [6.45, 7) is 2.06. The molecule has 4 heteroatoms. The number of hydrogen-bond acceptors (Lipinski definition) is 2. The van der Waals surface area contributed by atoms with Crippen LogP contribution in [0.5, 0.6) is 0 Å². The Morgan fingerprint density at radius 3 is 2.83 bits per heavy atom. The Bertz CT molecular complexity index is 515. The summed E-state index contributed by atoms with van der Waals surface area (Å²) in [5, 5.41) is 12.8. The van der Waals surface area contributed by atoms with Crippen LogP contribution in [0.3, 0.4) is 0 Å². The fraction of sp³-hybridized carbons (Fsp3) is 0.500. The Kier molecular flexibility index (Phi) is 2.63. The Morgan fingerprint density at radius 1 is 1.44 bits per heavy atom. The molecule has 1 fully saturated rings. The molecule has 1 saturated carbocycles. The van der Waals surface area contributed by atoms with Gasteiger partial charge in [-0.2, -0.15) is 0 Å². The van der Waals surface area contributed by atoms with Gasteiger partial charge in [0.2, 0.25) is 5.91 Å². The van der Waals surface area contributed by atoms with Gasteiger partial charge in [-0.15, -0.1) is 0 Å². The number of fused-ring (bicyclic) bond motifs is 1. The van der Waals surface area contributed by atoms with Crippen molar-refractivity contribution in [2.24, 2.45) is 11.8 Å². The number of hydrogen-bond donors (Lipinski definition) is 2. The third-order valence-corrected chi connectivity index (χ3v) is 4.01. The van der Waals surface area contributed by atoms with E-state index in [4.69, 9.17) is 0 Å². The molecule has 18 heavy (non-hydrogen) atoms. The van der Waals surface area contributed by atoms with Crippen LogP contribution in [-0.4, -0.2) is 11.0 Å². The number of amides is 1. The van der Waals surface area contributed by atoms with E-state index >= 15 is 0 Å². The molecule has 1 aromatic carbocycles. The molecule has 1 aliphatic heterocycles. The summed E-state index contributed by atoms with van der Waals surface area (Å²) in [6, 6.07) is 3.04. The van der Waals surface area contributed by atoms with Gasteiger partial charge in [0.05, 0.1) is 6.10 Å². The summed E-state index contributed by atoms with van der Waals surface area (Å²) in [5.74, 6) is 0.138. The lowest BCUT2D eigenvalue weighted by Gasteiger charge is -2.20. The van der Waals surface area contributed by atoms with Gasteiger partial charge in [0, 0.05) is 17.7 Å². The van der Waals surface area contributed by atoms with Gasteiger partial charge in [0.25, 0.3) is 0 Å². The molecule has 3 unspecified atom stereocenters. The van der Waals surface area contributed by atoms with Crippen molar-refractivity contribution in [2.75, 3.05) is 5.32 Å². The summed E-state index contributed by atoms with van der Waals surface area (Å²) in [4.78, 5) is 11.2. The van der Waals surface area contributed by atoms with E-state index in [-0.39, 0.29) is 11.8 Å². The number of carbonyl (C=O) groups excluding carboxylic acids is 1. The van der Waals surface area contributed by atoms with Crippen LogP contribution in [0.2, 0.25) is 0 Å². The van der Waals surface area contributed by atoms with Crippen molar-refractivity contribution < 1.29 is 14.3 Å². The van der Waals surface area contributed by atoms with E-state index in [2.05, 4.69) is 12.2 Å². The second kappa shape index (κ2) is 4.05. The maximum absolute atomic E-state index is 14.0. The van der Waals surface area contributed by atoms with Crippen LogP contribution in [0.4, 0.5) is 10.1 Å². The van der Waals surface area contributed by atoms with Crippen molar-refractivity contribution in [3.05, 3.63) is 29.1 Å². The van der Waals surface area contributed by atoms with Gasteiger partial charge in [0.15, 0.2) is 0 Å². The highest BCUT2D eigenvalue weighted by Gasteiger charge is 2.40. The van der Waals surface area contributed by atoms with E-state index in [0.29, 0.717) is 30.0 Å². The van der Waals surface area contributed by atoms with E-state index in [0.717, 1.165) is 12.0 Å². The predicted molar refractivity (Wildman–Crippen MR) is 65.6 cm³/mol. The lowest BCUT2D eigenvalue weighted by Crippen LogP contribution is -2.20. The molecular weight excluding hydrogens is 233 g/mol. The largest absolute Gasteiger partial charge is 0.388 e. The fourth-order valence-corrected chi connectivity index (χ4v) is 2.67. The molecule has 0 aromatic heterocycles. The van der Waals surface area contributed by atoms with Crippen LogP contribution in [-0.2, 0) is 11.2 Å². The normalized spacial score (nSPS) is 27.4. The molecule has 0 radical (unpaired) electrons. The van der Waals surface area contributed by atoms with Crippen LogP contribution >= 0.6 is 0 Å². The smallest absolute Gasteiger partial charge is 0.224 e. The van der Waals surface area contributed by atoms with E-state index in [1.54, 1.807) is 6.07 Å². The van der Waals surface area contributed by atoms with Crippen LogP contribution in [0.25, 0.3) is 0 Å². The van der Waals surface area contributed by atoms with Gasteiger partial charge in [-0.1, -0.05) is 6.92 Å². The Morgan fingerprint density at radius 2 is 2.17 bits per heavy atom. The number of aryl methyl sites for hydroxylation is 1. The number of rotatable bonds is 2. The third-order valence-electron chi connectivity index (χ3n) is 4.01. The minimum Gasteiger partial charge on any atom is -0.388 e. The molecule has 2 aliphatic rings. The van der Waals surface area contributed by atoms with Crippen LogP contribution < -0.4 is 5.32 Å². The first kappa shape index (κ1) is 11.7. The highest BCUT2D eigenvalue weighted by molar-refractivity contribution is 5.93. The first-order valence-electron chi connectivity index (χ1n) is 6.36. The molecule has 0 bridgehead atoms. The molecule has 3 atom stereocenters. The summed E-state index contributed by atoms with van der Waals surface area (Å²) >= 11 is 0. The van der Waals surface area contributed by atoms with E-state index in [1.165, 1.54) is 6.07 Å². The van der Waals surface area contributed by atoms with Crippen molar-refractivity contribution in [1.82, 2.24) is 0 Å². The van der Waals surface area contributed by atoms with Crippen molar-refractivity contribution in [3.63, 3.8) is 0 Å². The van der Waals surface area contributed by atoms with Crippen molar-refractivity contribution in [3.8, 4) is 0 Å². The number of aliphatic hydroxyl groups excluding tert-OH is 1. The minimum atomic E-state index is -0.720. The molecule has 1 aromatic rings. The van der Waals surface area contributed by atoms with Crippen molar-refractivity contribution >= 4 is 11.6 Å². The van der Waals surface area contributed by atoms with Gasteiger partial charge >= 0.3 is 0 Å².